The lowest BCUT2D eigenvalue weighted by atomic mass is 9.96. The molecule has 1 aromatic carbocycles. The van der Waals surface area contributed by atoms with Crippen molar-refractivity contribution in [3.63, 3.8) is 0 Å². The maximum atomic E-state index is 12.5. The molecule has 2 heterocycles. The van der Waals surface area contributed by atoms with Gasteiger partial charge in [0.25, 0.3) is 5.91 Å². The fourth-order valence-corrected chi connectivity index (χ4v) is 7.09. The fraction of sp³-hybridized carbons (Fsp3) is 0.600. The molecule has 28 heavy (non-hydrogen) atoms. The summed E-state index contributed by atoms with van der Waals surface area (Å²) >= 11 is 1.39. The number of hydrogen-bond donors (Lipinski definition) is 0. The summed E-state index contributed by atoms with van der Waals surface area (Å²) < 4.78 is 30.2. The van der Waals surface area contributed by atoms with E-state index in [1.165, 1.54) is 11.8 Å². The van der Waals surface area contributed by atoms with E-state index in [1.807, 2.05) is 49.9 Å². The van der Waals surface area contributed by atoms with Gasteiger partial charge in [0.2, 0.25) is 0 Å². The average molecular weight is 425 g/mol. The number of aliphatic imine (C=N–C) groups is 1. The van der Waals surface area contributed by atoms with Gasteiger partial charge < -0.3 is 9.64 Å². The van der Waals surface area contributed by atoms with E-state index >= 15 is 0 Å². The summed E-state index contributed by atoms with van der Waals surface area (Å²) in [4.78, 5) is 18.8. The molecule has 0 radical (unpaired) electrons. The predicted octanol–water partition coefficient (Wildman–Crippen LogP) is 3.51. The van der Waals surface area contributed by atoms with Crippen molar-refractivity contribution in [1.82, 2.24) is 0 Å². The molecule has 2 aliphatic heterocycles. The molecule has 0 bridgehead atoms. The molecule has 0 unspecified atom stereocenters. The van der Waals surface area contributed by atoms with Gasteiger partial charge in [0, 0.05) is 22.4 Å². The number of nitrogens with zero attached hydrogens (tertiary/aromatic N) is 2. The van der Waals surface area contributed by atoms with Crippen molar-refractivity contribution in [2.45, 2.75) is 51.8 Å². The second kappa shape index (κ2) is 8.06. The van der Waals surface area contributed by atoms with E-state index in [1.54, 1.807) is 0 Å². The van der Waals surface area contributed by atoms with Crippen LogP contribution in [0, 0.1) is 5.41 Å². The van der Waals surface area contributed by atoms with Crippen LogP contribution in [0.1, 0.15) is 40.5 Å². The van der Waals surface area contributed by atoms with Gasteiger partial charge in [0.05, 0.1) is 24.2 Å². The molecule has 2 saturated heterocycles. The third kappa shape index (κ3) is 4.71. The summed E-state index contributed by atoms with van der Waals surface area (Å²) in [5, 5.41) is 0.469. The molecule has 0 N–H and O–H groups in total. The third-order valence-corrected chi connectivity index (χ3v) is 7.98. The van der Waals surface area contributed by atoms with Crippen LogP contribution in [0.15, 0.2) is 29.3 Å². The standard InChI is InChI=1S/C20H28N2O4S2/c1-5-6-10-26-15-9-7-8-14(11-15)22-16-12-28(24,25)13-17(16)27-19(22)21-18(23)20(2,3)4/h7-9,11,16-17H,5-6,10,12-13H2,1-4H3/t16-,17+/m0/s1. The lowest BCUT2D eigenvalue weighted by Gasteiger charge is -2.25. The van der Waals surface area contributed by atoms with Crippen LogP contribution in [0.3, 0.4) is 0 Å². The average Bonchev–Trinajstić information content (AvgIpc) is 3.05. The number of ether oxygens (including phenoxy) is 1. The van der Waals surface area contributed by atoms with Crippen LogP contribution < -0.4 is 9.64 Å². The van der Waals surface area contributed by atoms with Crippen molar-refractivity contribution in [2.24, 2.45) is 10.4 Å². The van der Waals surface area contributed by atoms with Crippen molar-refractivity contribution >= 4 is 38.4 Å². The minimum absolute atomic E-state index is 0.0777. The normalized spacial score (nSPS) is 25.1. The highest BCUT2D eigenvalue weighted by molar-refractivity contribution is 8.16. The van der Waals surface area contributed by atoms with Gasteiger partial charge in [-0.3, -0.25) is 4.79 Å². The minimum Gasteiger partial charge on any atom is -0.494 e. The SMILES string of the molecule is CCCCOc1cccc(N2C(=NC(=O)C(C)(C)C)S[C@@H]3CS(=O)(=O)C[C@@H]32)c1. The highest BCUT2D eigenvalue weighted by Gasteiger charge is 2.49. The number of carbonyl (C=O) groups excluding carboxylic acids is 1. The zero-order valence-corrected chi connectivity index (χ0v) is 18.5. The van der Waals surface area contributed by atoms with Gasteiger partial charge in [0.15, 0.2) is 15.0 Å². The number of unbranched alkanes of at least 4 members (excludes halogenated alkanes) is 1. The first kappa shape index (κ1) is 21.2. The summed E-state index contributed by atoms with van der Waals surface area (Å²) in [5.74, 6) is 0.725. The van der Waals surface area contributed by atoms with Crippen molar-refractivity contribution in [1.29, 1.82) is 0 Å². The van der Waals surface area contributed by atoms with E-state index in [0.717, 1.165) is 24.3 Å². The molecule has 0 aromatic heterocycles. The van der Waals surface area contributed by atoms with E-state index in [4.69, 9.17) is 4.74 Å². The molecule has 154 valence electrons. The number of rotatable bonds is 5. The Kier molecular flexibility index (Phi) is 6.10. The summed E-state index contributed by atoms with van der Waals surface area (Å²) in [5.41, 5.74) is 0.222. The second-order valence-corrected chi connectivity index (χ2v) is 11.7. The smallest absolute Gasteiger partial charge is 0.253 e. The molecular weight excluding hydrogens is 396 g/mol. The maximum Gasteiger partial charge on any atom is 0.253 e. The Morgan fingerprint density at radius 3 is 2.75 bits per heavy atom. The van der Waals surface area contributed by atoms with Crippen molar-refractivity contribution in [3.05, 3.63) is 24.3 Å². The summed E-state index contributed by atoms with van der Waals surface area (Å²) in [6.45, 7) is 8.24. The lowest BCUT2D eigenvalue weighted by Crippen LogP contribution is -2.38. The Balaban J connectivity index is 1.94. The first-order chi connectivity index (χ1) is 13.1. The van der Waals surface area contributed by atoms with Gasteiger partial charge in [-0.25, -0.2) is 8.42 Å². The van der Waals surface area contributed by atoms with Gasteiger partial charge in [-0.15, -0.1) is 0 Å². The molecule has 0 spiro atoms. The van der Waals surface area contributed by atoms with Gasteiger partial charge in [-0.2, -0.15) is 4.99 Å². The number of amides is 1. The first-order valence-corrected chi connectivity index (χ1v) is 12.3. The molecule has 8 heteroatoms. The Bertz CT molecular complexity index is 874. The topological polar surface area (TPSA) is 76.0 Å². The Morgan fingerprint density at radius 1 is 1.32 bits per heavy atom. The number of hydrogen-bond acceptors (Lipinski definition) is 5. The van der Waals surface area contributed by atoms with E-state index in [9.17, 15) is 13.2 Å². The highest BCUT2D eigenvalue weighted by atomic mass is 32.2. The second-order valence-electron chi connectivity index (χ2n) is 8.32. The van der Waals surface area contributed by atoms with Gasteiger partial charge >= 0.3 is 0 Å². The molecule has 1 amide bonds. The number of carbonyl (C=O) groups is 1. The molecule has 3 rings (SSSR count). The minimum atomic E-state index is -3.09. The van der Waals surface area contributed by atoms with Crippen LogP contribution in [0.5, 0.6) is 5.75 Å². The van der Waals surface area contributed by atoms with E-state index in [-0.39, 0.29) is 28.7 Å². The van der Waals surface area contributed by atoms with Crippen LogP contribution in [0.25, 0.3) is 0 Å². The number of anilines is 1. The van der Waals surface area contributed by atoms with Crippen LogP contribution in [0.2, 0.25) is 0 Å². The van der Waals surface area contributed by atoms with Crippen LogP contribution in [0.4, 0.5) is 5.69 Å². The fourth-order valence-electron chi connectivity index (χ4n) is 3.18. The quantitative estimate of drug-likeness (QED) is 0.673. The molecule has 2 aliphatic rings. The van der Waals surface area contributed by atoms with Crippen LogP contribution >= 0.6 is 11.8 Å². The highest BCUT2D eigenvalue weighted by Crippen LogP contribution is 2.42. The van der Waals surface area contributed by atoms with Gasteiger partial charge in [-0.05, 0) is 18.6 Å². The van der Waals surface area contributed by atoms with Crippen molar-refractivity contribution in [3.8, 4) is 5.75 Å². The molecule has 1 aromatic rings. The molecule has 2 atom stereocenters. The zero-order valence-electron chi connectivity index (χ0n) is 16.8. The summed E-state index contributed by atoms with van der Waals surface area (Å²) in [7, 11) is -3.09. The Labute approximate surface area is 171 Å². The first-order valence-electron chi connectivity index (χ1n) is 9.63. The van der Waals surface area contributed by atoms with Crippen LogP contribution in [-0.4, -0.2) is 48.9 Å². The number of sulfone groups is 1. The predicted molar refractivity (Wildman–Crippen MR) is 115 cm³/mol. The lowest BCUT2D eigenvalue weighted by molar-refractivity contribution is -0.124. The van der Waals surface area contributed by atoms with Gasteiger partial charge in [-0.1, -0.05) is 51.9 Å². The zero-order chi connectivity index (χ0) is 20.5. The number of amidine groups is 1. The number of fused-ring (bicyclic) bond motifs is 1. The van der Waals surface area contributed by atoms with Crippen molar-refractivity contribution in [2.75, 3.05) is 23.0 Å². The summed E-state index contributed by atoms with van der Waals surface area (Å²) in [6, 6.07) is 7.38. The summed E-state index contributed by atoms with van der Waals surface area (Å²) in [6.07, 6.45) is 2.02. The van der Waals surface area contributed by atoms with Crippen molar-refractivity contribution < 1.29 is 17.9 Å². The number of thioether (sulfide) groups is 1. The monoisotopic (exact) mass is 424 g/mol. The molecular formula is C20H28N2O4S2. The molecule has 0 saturated carbocycles. The third-order valence-electron chi connectivity index (χ3n) is 4.77. The van der Waals surface area contributed by atoms with E-state index in [0.29, 0.717) is 11.8 Å². The molecule has 6 nitrogen and oxygen atoms in total. The van der Waals surface area contributed by atoms with Crippen LogP contribution in [-0.2, 0) is 14.6 Å². The maximum absolute atomic E-state index is 12.5. The Hall–Kier alpha value is -1.54. The molecule has 0 aliphatic carbocycles. The number of benzene rings is 1. The molecule has 2 fully saturated rings. The van der Waals surface area contributed by atoms with E-state index in [2.05, 4.69) is 11.9 Å². The largest absolute Gasteiger partial charge is 0.494 e. The van der Waals surface area contributed by atoms with Gasteiger partial charge in [0.1, 0.15) is 5.75 Å². The Morgan fingerprint density at radius 2 is 2.07 bits per heavy atom. The van der Waals surface area contributed by atoms with E-state index < -0.39 is 15.3 Å².